The van der Waals surface area contributed by atoms with Gasteiger partial charge >= 0.3 is 18.9 Å². The smallest absolute Gasteiger partial charge is 0.596 e. The molecule has 1 aliphatic rings. The zero-order valence-electron chi connectivity index (χ0n) is 9.11. The molecule has 0 N–H and O–H groups in total. The summed E-state index contributed by atoms with van der Waals surface area (Å²) >= 11 is 1.47. The van der Waals surface area contributed by atoms with Crippen LogP contribution < -0.4 is 24.0 Å². The van der Waals surface area contributed by atoms with Crippen molar-refractivity contribution < 1.29 is 28.7 Å². The monoisotopic (exact) mass is 214 g/mol. The van der Waals surface area contributed by atoms with Crippen molar-refractivity contribution in [1.82, 2.24) is 0 Å². The molecule has 0 bridgehead atoms. The van der Waals surface area contributed by atoms with Crippen molar-refractivity contribution in [2.24, 2.45) is 0 Å². The molecule has 0 unspecified atom stereocenters. The van der Waals surface area contributed by atoms with E-state index in [0.717, 1.165) is 5.56 Å². The number of benzene rings is 1. The first-order valence-electron chi connectivity index (χ1n) is 4.43. The van der Waals surface area contributed by atoms with Gasteiger partial charge in [0.25, 0.3) is 0 Å². The van der Waals surface area contributed by atoms with Gasteiger partial charge in [-0.1, -0.05) is 30.3 Å². The van der Waals surface area contributed by atoms with E-state index in [-0.39, 0.29) is 24.8 Å². The maximum absolute atomic E-state index is 11.5. The maximum Gasteiger partial charge on any atom is 1.00 e. The van der Waals surface area contributed by atoms with Crippen molar-refractivity contribution >= 4 is 16.7 Å². The van der Waals surface area contributed by atoms with Gasteiger partial charge < -0.3 is 9.84 Å². The molecular formula is C11H11LiO2S. The van der Waals surface area contributed by atoms with E-state index in [2.05, 4.69) is 0 Å². The minimum absolute atomic E-state index is 0. The maximum atomic E-state index is 11.5. The average molecular weight is 214 g/mol. The summed E-state index contributed by atoms with van der Waals surface area (Å²) in [6.45, 7) is 3.79. The first kappa shape index (κ1) is 12.6. The zero-order chi connectivity index (χ0) is 10.2. The van der Waals surface area contributed by atoms with Gasteiger partial charge in [-0.05, 0) is 19.4 Å². The van der Waals surface area contributed by atoms with Gasteiger partial charge in [0.05, 0.1) is 10.9 Å². The summed E-state index contributed by atoms with van der Waals surface area (Å²) in [5, 5.41) is 11.5. The average Bonchev–Trinajstić information content (AvgIpc) is 2.41. The van der Waals surface area contributed by atoms with Crippen LogP contribution in [-0.2, 0) is 4.74 Å². The molecule has 2 nitrogen and oxygen atoms in total. The Morgan fingerprint density at radius 2 is 1.80 bits per heavy atom. The van der Waals surface area contributed by atoms with E-state index < -0.39 is 4.93 Å². The molecular weight excluding hydrogens is 203 g/mol. The molecule has 1 aromatic carbocycles. The van der Waals surface area contributed by atoms with Crippen molar-refractivity contribution in [1.29, 1.82) is 0 Å². The molecule has 4 heteroatoms. The topological polar surface area (TPSA) is 32.3 Å². The molecule has 0 fully saturated rings. The summed E-state index contributed by atoms with van der Waals surface area (Å²) in [6.07, 6.45) is 0. The molecule has 0 spiro atoms. The molecule has 0 aromatic heterocycles. The zero-order valence-corrected chi connectivity index (χ0v) is 9.93. The van der Waals surface area contributed by atoms with E-state index in [0.29, 0.717) is 4.91 Å². The van der Waals surface area contributed by atoms with Crippen LogP contribution in [0.15, 0.2) is 36.3 Å². The van der Waals surface area contributed by atoms with Gasteiger partial charge in [-0.3, -0.25) is 0 Å². The molecule has 0 aliphatic carbocycles. The van der Waals surface area contributed by atoms with Gasteiger partial charge in [-0.2, -0.15) is 0 Å². The number of ether oxygens (including phenoxy) is 1. The van der Waals surface area contributed by atoms with Gasteiger partial charge in [-0.15, -0.1) is 11.8 Å². The Kier molecular flexibility index (Phi) is 3.83. The van der Waals surface area contributed by atoms with Crippen LogP contribution in [0.5, 0.6) is 0 Å². The van der Waals surface area contributed by atoms with Crippen molar-refractivity contribution in [3.05, 3.63) is 41.8 Å². The van der Waals surface area contributed by atoms with Crippen LogP contribution >= 0.6 is 11.8 Å². The molecule has 0 atom stereocenters. The second-order valence-corrected chi connectivity index (χ2v) is 5.18. The fraction of sp³-hybridized carbons (Fsp3) is 0.273. The van der Waals surface area contributed by atoms with Crippen LogP contribution in [0.4, 0.5) is 0 Å². The van der Waals surface area contributed by atoms with Crippen molar-refractivity contribution in [2.45, 2.75) is 18.8 Å². The second kappa shape index (κ2) is 4.57. The predicted molar refractivity (Wildman–Crippen MR) is 56.1 cm³/mol. The van der Waals surface area contributed by atoms with Gasteiger partial charge in [0.1, 0.15) is 0 Å². The third-order valence-corrected chi connectivity index (χ3v) is 3.09. The minimum atomic E-state index is -0.428. The molecule has 0 saturated carbocycles. The van der Waals surface area contributed by atoms with Gasteiger partial charge in [0.15, 0.2) is 0 Å². The van der Waals surface area contributed by atoms with E-state index >= 15 is 0 Å². The minimum Gasteiger partial charge on any atom is -0.596 e. The first-order valence-corrected chi connectivity index (χ1v) is 5.25. The molecule has 0 saturated heterocycles. The molecule has 1 aliphatic heterocycles. The van der Waals surface area contributed by atoms with Crippen LogP contribution in [0.1, 0.15) is 19.4 Å². The van der Waals surface area contributed by atoms with Gasteiger partial charge in [0, 0.05) is 4.91 Å². The molecule has 2 rings (SSSR count). The Balaban J connectivity index is 0.00000112. The molecule has 0 radical (unpaired) electrons. The molecule has 1 heterocycles. The quantitative estimate of drug-likeness (QED) is 0.572. The number of hydrogen-bond donors (Lipinski definition) is 0. The molecule has 15 heavy (non-hydrogen) atoms. The number of hydrogen-bond acceptors (Lipinski definition) is 3. The second-order valence-electron chi connectivity index (χ2n) is 3.59. The normalized spacial score (nSPS) is 18.3. The van der Waals surface area contributed by atoms with Crippen LogP contribution in [0.2, 0.25) is 0 Å². The Morgan fingerprint density at radius 3 is 2.27 bits per heavy atom. The summed E-state index contributed by atoms with van der Waals surface area (Å²) in [5.41, 5.74) is 0.938. The summed E-state index contributed by atoms with van der Waals surface area (Å²) in [7, 11) is 0. The van der Waals surface area contributed by atoms with Crippen LogP contribution in [0, 0.1) is 0 Å². The Labute approximate surface area is 106 Å². The summed E-state index contributed by atoms with van der Waals surface area (Å²) in [5.74, 6) is -0.216. The summed E-state index contributed by atoms with van der Waals surface area (Å²) in [4.78, 5) is 0.276. The SMILES string of the molecule is CC1(C)OC([O-])=C(c2ccccc2)S1.[Li+]. The molecule has 74 valence electrons. The summed E-state index contributed by atoms with van der Waals surface area (Å²) in [6, 6.07) is 9.61. The molecule has 0 amide bonds. The van der Waals surface area contributed by atoms with E-state index in [4.69, 9.17) is 4.74 Å². The van der Waals surface area contributed by atoms with Crippen LogP contribution in [0.25, 0.3) is 4.91 Å². The van der Waals surface area contributed by atoms with Crippen LogP contribution in [0.3, 0.4) is 0 Å². The van der Waals surface area contributed by atoms with Crippen LogP contribution in [-0.4, -0.2) is 4.93 Å². The van der Waals surface area contributed by atoms with Crippen molar-refractivity contribution in [3.63, 3.8) is 0 Å². The first-order chi connectivity index (χ1) is 6.58. The molecule has 1 aromatic rings. The van der Waals surface area contributed by atoms with Gasteiger partial charge in [0.2, 0.25) is 0 Å². The third-order valence-electron chi connectivity index (χ3n) is 1.91. The predicted octanol–water partition coefficient (Wildman–Crippen LogP) is -0.823. The standard InChI is InChI=1S/C11H12O2S.Li/c1-11(2)13-10(12)9(14-11)8-6-4-3-5-7-8;/h3-7,12H,1-2H3;/q;+1/p-1. The Bertz CT molecular complexity index is 373. The summed E-state index contributed by atoms with van der Waals surface area (Å²) < 4.78 is 5.20. The third kappa shape index (κ3) is 2.75. The Hall–Kier alpha value is -0.493. The van der Waals surface area contributed by atoms with Crippen molar-refractivity contribution in [3.8, 4) is 0 Å². The van der Waals surface area contributed by atoms with E-state index in [1.165, 1.54) is 11.8 Å². The number of rotatable bonds is 1. The van der Waals surface area contributed by atoms with E-state index in [1.54, 1.807) is 0 Å². The fourth-order valence-electron chi connectivity index (χ4n) is 1.34. The van der Waals surface area contributed by atoms with E-state index in [1.807, 2.05) is 44.2 Å². The largest absolute Gasteiger partial charge is 1.00 e. The van der Waals surface area contributed by atoms with Crippen molar-refractivity contribution in [2.75, 3.05) is 0 Å². The fourth-order valence-corrected chi connectivity index (χ4v) is 2.33. The number of thioether (sulfide) groups is 1. The van der Waals surface area contributed by atoms with E-state index in [9.17, 15) is 5.11 Å². The van der Waals surface area contributed by atoms with Gasteiger partial charge in [-0.25, -0.2) is 0 Å². The Morgan fingerprint density at radius 1 is 1.20 bits per heavy atom.